The molecule has 6 nitrogen and oxygen atoms in total. The minimum Gasteiger partial charge on any atom is -0.394 e. The summed E-state index contributed by atoms with van der Waals surface area (Å²) < 4.78 is 15.0. The number of aromatic nitrogens is 2. The van der Waals surface area contributed by atoms with E-state index >= 15 is 0 Å². The van der Waals surface area contributed by atoms with E-state index in [1.807, 2.05) is 6.92 Å². The highest BCUT2D eigenvalue weighted by Gasteiger charge is 2.11. The van der Waals surface area contributed by atoms with Gasteiger partial charge in [0, 0.05) is 0 Å². The molecule has 0 aliphatic rings. The van der Waals surface area contributed by atoms with Gasteiger partial charge in [-0.15, -0.1) is 0 Å². The van der Waals surface area contributed by atoms with Crippen LogP contribution in [0.3, 0.4) is 0 Å². The second kappa shape index (κ2) is 6.85. The fraction of sp³-hybridized carbons (Fsp3) is 0.286. The molecule has 0 radical (unpaired) electrons. The van der Waals surface area contributed by atoms with Crippen LogP contribution in [-0.2, 0) is 0 Å². The zero-order chi connectivity index (χ0) is 15.2. The van der Waals surface area contributed by atoms with Crippen LogP contribution >= 0.6 is 0 Å². The largest absolute Gasteiger partial charge is 0.394 e. The number of nitrogens with one attached hydrogen (secondary N) is 2. The first kappa shape index (κ1) is 15.0. The standard InChI is InChI=1S/C14H17FN4O2/c1-2-10(9-20)17-14(21)18-11-7-16-19(8-11)13-6-4-3-5-12(13)15/h3-8,10,20H,2,9H2,1H3,(H2,17,18,21). The molecule has 0 saturated carbocycles. The van der Waals surface area contributed by atoms with Crippen LogP contribution in [0.25, 0.3) is 5.69 Å². The normalized spacial score (nSPS) is 12.0. The predicted molar refractivity (Wildman–Crippen MR) is 76.8 cm³/mol. The fourth-order valence-electron chi connectivity index (χ4n) is 1.79. The number of aliphatic hydroxyl groups is 1. The molecule has 2 aromatic rings. The number of hydrogen-bond acceptors (Lipinski definition) is 3. The smallest absolute Gasteiger partial charge is 0.319 e. The van der Waals surface area contributed by atoms with Crippen molar-refractivity contribution in [3.63, 3.8) is 0 Å². The van der Waals surface area contributed by atoms with Crippen LogP contribution in [0.4, 0.5) is 14.9 Å². The van der Waals surface area contributed by atoms with Crippen LogP contribution < -0.4 is 10.6 Å². The Bertz CT molecular complexity index is 611. The van der Waals surface area contributed by atoms with E-state index in [4.69, 9.17) is 5.11 Å². The zero-order valence-electron chi connectivity index (χ0n) is 11.6. The van der Waals surface area contributed by atoms with Crippen LogP contribution in [0.2, 0.25) is 0 Å². The summed E-state index contributed by atoms with van der Waals surface area (Å²) in [6, 6.07) is 5.48. The number of carbonyl (C=O) groups is 1. The van der Waals surface area contributed by atoms with Gasteiger partial charge in [-0.3, -0.25) is 0 Å². The average Bonchev–Trinajstić information content (AvgIpc) is 2.93. The summed E-state index contributed by atoms with van der Waals surface area (Å²) in [5.74, 6) is -0.400. The van der Waals surface area contributed by atoms with E-state index in [1.54, 1.807) is 18.2 Å². The highest BCUT2D eigenvalue weighted by atomic mass is 19.1. The highest BCUT2D eigenvalue weighted by molar-refractivity contribution is 5.89. The molecule has 1 aromatic carbocycles. The molecule has 0 spiro atoms. The van der Waals surface area contributed by atoms with E-state index in [0.29, 0.717) is 17.8 Å². The third kappa shape index (κ3) is 3.79. The van der Waals surface area contributed by atoms with Crippen molar-refractivity contribution in [3.05, 3.63) is 42.5 Å². The minimum atomic E-state index is -0.441. The van der Waals surface area contributed by atoms with E-state index in [0.717, 1.165) is 0 Å². The van der Waals surface area contributed by atoms with E-state index < -0.39 is 11.8 Å². The summed E-state index contributed by atoms with van der Waals surface area (Å²) in [7, 11) is 0. The topological polar surface area (TPSA) is 79.2 Å². The third-order valence-corrected chi connectivity index (χ3v) is 2.99. The van der Waals surface area contributed by atoms with Crippen LogP contribution in [0.15, 0.2) is 36.7 Å². The zero-order valence-corrected chi connectivity index (χ0v) is 11.6. The number of halogens is 1. The lowest BCUT2D eigenvalue weighted by Crippen LogP contribution is -2.39. The quantitative estimate of drug-likeness (QED) is 0.787. The Morgan fingerprint density at radius 3 is 2.90 bits per heavy atom. The lowest BCUT2D eigenvalue weighted by molar-refractivity contribution is 0.222. The lowest BCUT2D eigenvalue weighted by Gasteiger charge is -2.13. The molecular weight excluding hydrogens is 275 g/mol. The van der Waals surface area contributed by atoms with Crippen molar-refractivity contribution in [3.8, 4) is 5.69 Å². The van der Waals surface area contributed by atoms with Crippen LogP contribution in [0.5, 0.6) is 0 Å². The number of hydrogen-bond donors (Lipinski definition) is 3. The predicted octanol–water partition coefficient (Wildman–Crippen LogP) is 1.90. The molecule has 3 N–H and O–H groups in total. The molecule has 2 rings (SSSR count). The molecular formula is C14H17FN4O2. The summed E-state index contributed by atoms with van der Waals surface area (Å²) in [5.41, 5.74) is 0.733. The summed E-state index contributed by atoms with van der Waals surface area (Å²) in [4.78, 5) is 11.7. The Morgan fingerprint density at radius 2 is 2.24 bits per heavy atom. The number of rotatable bonds is 5. The number of aliphatic hydroxyl groups excluding tert-OH is 1. The number of amides is 2. The van der Waals surface area contributed by atoms with Crippen molar-refractivity contribution in [2.24, 2.45) is 0 Å². The van der Waals surface area contributed by atoms with E-state index in [-0.39, 0.29) is 12.6 Å². The molecule has 112 valence electrons. The molecule has 1 atom stereocenters. The van der Waals surface area contributed by atoms with Gasteiger partial charge in [-0.05, 0) is 18.6 Å². The SMILES string of the molecule is CCC(CO)NC(=O)Nc1cnn(-c2ccccc2F)c1. The van der Waals surface area contributed by atoms with Crippen LogP contribution in [0.1, 0.15) is 13.3 Å². The Hall–Kier alpha value is -2.41. The van der Waals surface area contributed by atoms with Crippen LogP contribution in [0, 0.1) is 5.82 Å². The van der Waals surface area contributed by atoms with Gasteiger partial charge in [0.05, 0.1) is 30.7 Å². The molecule has 1 unspecified atom stereocenters. The van der Waals surface area contributed by atoms with Crippen molar-refractivity contribution < 1.29 is 14.3 Å². The second-order valence-corrected chi connectivity index (χ2v) is 4.51. The lowest BCUT2D eigenvalue weighted by atomic mass is 10.2. The highest BCUT2D eigenvalue weighted by Crippen LogP contribution is 2.14. The van der Waals surface area contributed by atoms with E-state index in [2.05, 4.69) is 15.7 Å². The van der Waals surface area contributed by atoms with Gasteiger partial charge in [-0.25, -0.2) is 13.9 Å². The number of urea groups is 1. The molecule has 7 heteroatoms. The molecule has 1 aromatic heterocycles. The average molecular weight is 292 g/mol. The van der Waals surface area contributed by atoms with Crippen molar-refractivity contribution in [2.75, 3.05) is 11.9 Å². The molecule has 2 amide bonds. The van der Waals surface area contributed by atoms with E-state index in [9.17, 15) is 9.18 Å². The molecule has 0 fully saturated rings. The monoisotopic (exact) mass is 292 g/mol. The number of carbonyl (C=O) groups excluding carboxylic acids is 1. The van der Waals surface area contributed by atoms with Crippen LogP contribution in [-0.4, -0.2) is 33.6 Å². The van der Waals surface area contributed by atoms with Gasteiger partial charge in [0.25, 0.3) is 0 Å². The molecule has 0 bridgehead atoms. The first-order valence-electron chi connectivity index (χ1n) is 6.62. The first-order valence-corrected chi connectivity index (χ1v) is 6.62. The summed E-state index contributed by atoms with van der Waals surface area (Å²) >= 11 is 0. The molecule has 1 heterocycles. The van der Waals surface area contributed by atoms with Crippen molar-refractivity contribution in [1.82, 2.24) is 15.1 Å². The van der Waals surface area contributed by atoms with Gasteiger partial charge in [-0.1, -0.05) is 19.1 Å². The maximum absolute atomic E-state index is 13.6. The molecule has 0 aliphatic heterocycles. The Morgan fingerprint density at radius 1 is 1.48 bits per heavy atom. The maximum Gasteiger partial charge on any atom is 0.319 e. The Balaban J connectivity index is 2.04. The maximum atomic E-state index is 13.6. The van der Waals surface area contributed by atoms with Gasteiger partial charge in [0.2, 0.25) is 0 Å². The van der Waals surface area contributed by atoms with Crippen molar-refractivity contribution in [1.29, 1.82) is 0 Å². The summed E-state index contributed by atoms with van der Waals surface area (Å²) in [6.45, 7) is 1.73. The first-order chi connectivity index (χ1) is 10.1. The van der Waals surface area contributed by atoms with Crippen molar-refractivity contribution in [2.45, 2.75) is 19.4 Å². The van der Waals surface area contributed by atoms with Crippen molar-refractivity contribution >= 4 is 11.7 Å². The third-order valence-electron chi connectivity index (χ3n) is 2.99. The molecule has 0 aliphatic carbocycles. The summed E-state index contributed by atoms with van der Waals surface area (Å²) in [5, 5.41) is 18.2. The number of nitrogens with zero attached hydrogens (tertiary/aromatic N) is 2. The number of anilines is 1. The van der Waals surface area contributed by atoms with Gasteiger partial charge in [0.15, 0.2) is 0 Å². The van der Waals surface area contributed by atoms with E-state index in [1.165, 1.54) is 23.1 Å². The molecule has 21 heavy (non-hydrogen) atoms. The van der Waals surface area contributed by atoms with Gasteiger partial charge in [-0.2, -0.15) is 5.10 Å². The minimum absolute atomic E-state index is 0.127. The second-order valence-electron chi connectivity index (χ2n) is 4.51. The number of benzene rings is 1. The fourth-order valence-corrected chi connectivity index (χ4v) is 1.79. The van der Waals surface area contributed by atoms with Gasteiger partial charge < -0.3 is 15.7 Å². The molecule has 0 saturated heterocycles. The number of para-hydroxylation sites is 1. The van der Waals surface area contributed by atoms with Gasteiger partial charge >= 0.3 is 6.03 Å². The van der Waals surface area contributed by atoms with Gasteiger partial charge in [0.1, 0.15) is 11.5 Å². The Kier molecular flexibility index (Phi) is 4.89. The summed E-state index contributed by atoms with van der Waals surface area (Å²) in [6.07, 6.45) is 3.56. The Labute approximate surface area is 121 Å².